The highest BCUT2D eigenvalue weighted by molar-refractivity contribution is 8.00. The van der Waals surface area contributed by atoms with Crippen molar-refractivity contribution in [1.82, 2.24) is 4.90 Å². The number of nitrogens with zero attached hydrogens (tertiary/aromatic N) is 1. The average molecular weight is 293 g/mol. The summed E-state index contributed by atoms with van der Waals surface area (Å²) in [6, 6.07) is 7.29. The maximum absolute atomic E-state index is 12.8. The van der Waals surface area contributed by atoms with Gasteiger partial charge in [-0.05, 0) is 24.1 Å². The van der Waals surface area contributed by atoms with E-state index in [9.17, 15) is 4.39 Å². The third kappa shape index (κ3) is 3.43. The molecule has 0 aromatic heterocycles. The summed E-state index contributed by atoms with van der Waals surface area (Å²) >= 11 is 2.05. The highest BCUT2D eigenvalue weighted by Gasteiger charge is 2.33. The molecule has 0 N–H and O–H groups in total. The minimum atomic E-state index is -0.180. The van der Waals surface area contributed by atoms with Gasteiger partial charge in [-0.1, -0.05) is 24.3 Å². The lowest BCUT2D eigenvalue weighted by Gasteiger charge is -2.43. The Bertz CT molecular complexity index is 460. The van der Waals surface area contributed by atoms with Gasteiger partial charge in [0, 0.05) is 36.7 Å². The van der Waals surface area contributed by atoms with Crippen LogP contribution in [-0.4, -0.2) is 48.2 Å². The summed E-state index contributed by atoms with van der Waals surface area (Å²) in [6.07, 6.45) is 5.41. The van der Waals surface area contributed by atoms with E-state index in [2.05, 4.69) is 17.1 Å². The second-order valence-corrected chi connectivity index (χ2v) is 6.64. The van der Waals surface area contributed by atoms with Crippen molar-refractivity contribution in [3.8, 4) is 0 Å². The lowest BCUT2D eigenvalue weighted by molar-refractivity contribution is 0.0423. The minimum Gasteiger partial charge on any atom is -0.380 e. The van der Waals surface area contributed by atoms with Gasteiger partial charge in [-0.3, -0.25) is 4.90 Å². The highest BCUT2D eigenvalue weighted by Crippen LogP contribution is 2.29. The van der Waals surface area contributed by atoms with Crippen LogP contribution in [0.25, 0.3) is 6.08 Å². The number of benzene rings is 1. The van der Waals surface area contributed by atoms with Crippen LogP contribution in [0, 0.1) is 5.82 Å². The van der Waals surface area contributed by atoms with Crippen molar-refractivity contribution < 1.29 is 9.13 Å². The molecule has 20 heavy (non-hydrogen) atoms. The molecule has 2 atom stereocenters. The van der Waals surface area contributed by atoms with E-state index in [1.807, 2.05) is 23.9 Å². The lowest BCUT2D eigenvalue weighted by Crippen LogP contribution is -2.51. The van der Waals surface area contributed by atoms with Crippen LogP contribution in [0.1, 0.15) is 12.0 Å². The van der Waals surface area contributed by atoms with Gasteiger partial charge in [-0.25, -0.2) is 4.39 Å². The molecule has 2 aliphatic rings. The second-order valence-electron chi connectivity index (χ2n) is 5.29. The minimum absolute atomic E-state index is 0.180. The molecule has 0 spiro atoms. The lowest BCUT2D eigenvalue weighted by atomic mass is 10.1. The van der Waals surface area contributed by atoms with Crippen LogP contribution in [0.3, 0.4) is 0 Å². The van der Waals surface area contributed by atoms with E-state index in [0.29, 0.717) is 11.3 Å². The molecule has 1 aromatic rings. The van der Waals surface area contributed by atoms with Crippen LogP contribution in [0.15, 0.2) is 30.3 Å². The molecule has 2 heterocycles. The molecule has 2 unspecified atom stereocenters. The molecule has 1 aromatic carbocycles. The van der Waals surface area contributed by atoms with Crippen molar-refractivity contribution in [2.45, 2.75) is 17.7 Å². The number of hydrogen-bond donors (Lipinski definition) is 0. The Kier molecular flexibility index (Phi) is 4.76. The van der Waals surface area contributed by atoms with Gasteiger partial charge in [-0.15, -0.1) is 0 Å². The quantitative estimate of drug-likeness (QED) is 0.850. The van der Waals surface area contributed by atoms with Crippen LogP contribution >= 0.6 is 11.8 Å². The van der Waals surface area contributed by atoms with E-state index in [1.54, 1.807) is 0 Å². The van der Waals surface area contributed by atoms with E-state index in [1.165, 1.54) is 17.9 Å². The third-order valence-electron chi connectivity index (χ3n) is 3.97. The van der Waals surface area contributed by atoms with Crippen molar-refractivity contribution in [1.29, 1.82) is 0 Å². The Labute approximate surface area is 124 Å². The monoisotopic (exact) mass is 293 g/mol. The second kappa shape index (κ2) is 6.74. The number of ether oxygens (including phenoxy) is 1. The maximum Gasteiger partial charge on any atom is 0.123 e. The topological polar surface area (TPSA) is 12.5 Å². The number of rotatable bonds is 3. The van der Waals surface area contributed by atoms with Crippen LogP contribution in [-0.2, 0) is 4.74 Å². The molecule has 0 saturated carbocycles. The summed E-state index contributed by atoms with van der Waals surface area (Å²) < 4.78 is 18.4. The van der Waals surface area contributed by atoms with Gasteiger partial charge in [0.15, 0.2) is 0 Å². The molecule has 0 bridgehead atoms. The standard InChI is InChI=1S/C16H20FNOS/c17-14-5-3-13(4-6-14)2-1-8-18-9-11-20-16-12-19-10-7-15(16)18/h1-6,15-16H,7-12H2/b2-1+. The molecule has 0 radical (unpaired) electrons. The third-order valence-corrected chi connectivity index (χ3v) is 5.27. The first-order valence-corrected chi connectivity index (χ1v) is 8.23. The van der Waals surface area contributed by atoms with E-state index < -0.39 is 0 Å². The fraction of sp³-hybridized carbons (Fsp3) is 0.500. The number of hydrogen-bond acceptors (Lipinski definition) is 3. The molecule has 0 amide bonds. The molecule has 2 nitrogen and oxygen atoms in total. The van der Waals surface area contributed by atoms with Crippen LogP contribution in [0.5, 0.6) is 0 Å². The fourth-order valence-electron chi connectivity index (χ4n) is 2.89. The molecule has 108 valence electrons. The number of halogens is 1. The Morgan fingerprint density at radius 3 is 3.05 bits per heavy atom. The normalized spacial score (nSPS) is 27.6. The molecular formula is C16H20FNOS. The molecule has 3 rings (SSSR count). The van der Waals surface area contributed by atoms with Crippen LogP contribution in [0.2, 0.25) is 0 Å². The summed E-state index contributed by atoms with van der Waals surface area (Å²) in [4.78, 5) is 2.56. The SMILES string of the molecule is Fc1ccc(/C=C/CN2CCSC3COCCC32)cc1. The zero-order valence-electron chi connectivity index (χ0n) is 11.5. The smallest absolute Gasteiger partial charge is 0.123 e. The van der Waals surface area contributed by atoms with E-state index >= 15 is 0 Å². The molecular weight excluding hydrogens is 273 g/mol. The molecule has 0 aliphatic carbocycles. The highest BCUT2D eigenvalue weighted by atomic mass is 32.2. The van der Waals surface area contributed by atoms with Crippen molar-refractivity contribution in [2.24, 2.45) is 0 Å². The Balaban J connectivity index is 1.58. The zero-order valence-corrected chi connectivity index (χ0v) is 12.3. The van der Waals surface area contributed by atoms with Gasteiger partial charge in [0.1, 0.15) is 5.82 Å². The predicted octanol–water partition coefficient (Wildman–Crippen LogP) is 3.05. The largest absolute Gasteiger partial charge is 0.380 e. The van der Waals surface area contributed by atoms with E-state index in [0.717, 1.165) is 38.3 Å². The zero-order chi connectivity index (χ0) is 13.8. The van der Waals surface area contributed by atoms with Crippen molar-refractivity contribution in [3.63, 3.8) is 0 Å². The fourth-order valence-corrected chi connectivity index (χ4v) is 4.25. The summed E-state index contributed by atoms with van der Waals surface area (Å²) in [5.74, 6) is 1.01. The van der Waals surface area contributed by atoms with Gasteiger partial charge < -0.3 is 4.74 Å². The summed E-state index contributed by atoms with van der Waals surface area (Å²) in [5, 5.41) is 0.636. The first-order chi connectivity index (χ1) is 9.83. The Hall–Kier alpha value is -0.840. The summed E-state index contributed by atoms with van der Waals surface area (Å²) in [7, 11) is 0. The van der Waals surface area contributed by atoms with Gasteiger partial charge in [0.25, 0.3) is 0 Å². The predicted molar refractivity (Wildman–Crippen MR) is 82.5 cm³/mol. The van der Waals surface area contributed by atoms with Gasteiger partial charge >= 0.3 is 0 Å². The molecule has 2 saturated heterocycles. The van der Waals surface area contributed by atoms with Gasteiger partial charge in [0.05, 0.1) is 6.61 Å². The maximum atomic E-state index is 12.8. The average Bonchev–Trinajstić information content (AvgIpc) is 2.49. The summed E-state index contributed by atoms with van der Waals surface area (Å²) in [5.41, 5.74) is 1.06. The Morgan fingerprint density at radius 2 is 2.20 bits per heavy atom. The number of thioether (sulfide) groups is 1. The first kappa shape index (κ1) is 14.1. The Morgan fingerprint density at radius 1 is 1.35 bits per heavy atom. The summed E-state index contributed by atoms with van der Waals surface area (Å²) in [6.45, 7) is 3.91. The molecule has 2 fully saturated rings. The van der Waals surface area contributed by atoms with Crippen molar-refractivity contribution in [3.05, 3.63) is 41.7 Å². The first-order valence-electron chi connectivity index (χ1n) is 7.18. The van der Waals surface area contributed by atoms with E-state index in [-0.39, 0.29) is 5.82 Å². The van der Waals surface area contributed by atoms with Crippen molar-refractivity contribution >= 4 is 17.8 Å². The number of fused-ring (bicyclic) bond motifs is 1. The van der Waals surface area contributed by atoms with Crippen LogP contribution < -0.4 is 0 Å². The van der Waals surface area contributed by atoms with E-state index in [4.69, 9.17) is 4.74 Å². The van der Waals surface area contributed by atoms with Crippen molar-refractivity contribution in [2.75, 3.05) is 32.1 Å². The van der Waals surface area contributed by atoms with Crippen LogP contribution in [0.4, 0.5) is 4.39 Å². The molecule has 4 heteroatoms. The van der Waals surface area contributed by atoms with Gasteiger partial charge in [-0.2, -0.15) is 11.8 Å². The van der Waals surface area contributed by atoms with Gasteiger partial charge in [0.2, 0.25) is 0 Å². The molecule has 2 aliphatic heterocycles.